The number of nitrogens with one attached hydrogen (secondary N) is 1. The summed E-state index contributed by atoms with van der Waals surface area (Å²) < 4.78 is 11.1. The van der Waals surface area contributed by atoms with Crippen molar-refractivity contribution in [3.63, 3.8) is 0 Å². The van der Waals surface area contributed by atoms with Gasteiger partial charge < -0.3 is 15.2 Å². The summed E-state index contributed by atoms with van der Waals surface area (Å²) in [5, 5.41) is 7.50. The normalized spacial score (nSPS) is 10.2. The van der Waals surface area contributed by atoms with Crippen molar-refractivity contribution in [1.29, 1.82) is 5.41 Å². The van der Waals surface area contributed by atoms with E-state index in [1.54, 1.807) is 13.3 Å². The van der Waals surface area contributed by atoms with E-state index in [2.05, 4.69) is 4.98 Å². The van der Waals surface area contributed by atoms with Gasteiger partial charge in [0.15, 0.2) is 0 Å². The summed E-state index contributed by atoms with van der Waals surface area (Å²) in [5.74, 6) is 1.42. The smallest absolute Gasteiger partial charge is 0.219 e. The number of rotatable bonds is 5. The van der Waals surface area contributed by atoms with Gasteiger partial charge in [0.05, 0.1) is 12.7 Å². The van der Waals surface area contributed by atoms with E-state index >= 15 is 0 Å². The van der Waals surface area contributed by atoms with Crippen molar-refractivity contribution >= 4 is 5.84 Å². The molecule has 1 aromatic carbocycles. The summed E-state index contributed by atoms with van der Waals surface area (Å²) >= 11 is 0. The number of nitrogens with two attached hydrogens (primary N) is 1. The number of aryl methyl sites for hydroxylation is 2. The summed E-state index contributed by atoms with van der Waals surface area (Å²) in [5.41, 5.74) is 9.01. The fraction of sp³-hybridized carbons (Fsp3) is 0.250. The van der Waals surface area contributed by atoms with Gasteiger partial charge >= 0.3 is 0 Å². The van der Waals surface area contributed by atoms with Gasteiger partial charge in [0, 0.05) is 11.8 Å². The highest BCUT2D eigenvalue weighted by atomic mass is 16.5. The molecule has 0 saturated carbocycles. The van der Waals surface area contributed by atoms with Gasteiger partial charge in [-0.25, -0.2) is 4.98 Å². The standard InChI is InChI=1S/C16H19N3O2/c1-10-7-13(15(17)18)8-11(2)14(10)21-9-12-5-4-6-19-16(12)20-3/h4-8H,9H2,1-3H3,(H3,17,18). The highest BCUT2D eigenvalue weighted by Gasteiger charge is 2.10. The predicted octanol–water partition coefficient (Wildman–Crippen LogP) is 2.57. The van der Waals surface area contributed by atoms with Crippen LogP contribution in [0.15, 0.2) is 30.5 Å². The molecular formula is C16H19N3O2. The van der Waals surface area contributed by atoms with Crippen LogP contribution in [-0.4, -0.2) is 17.9 Å². The topological polar surface area (TPSA) is 81.2 Å². The number of nitrogen functional groups attached to an aromatic ring is 1. The second-order valence-electron chi connectivity index (χ2n) is 4.81. The zero-order valence-electron chi connectivity index (χ0n) is 12.4. The average molecular weight is 285 g/mol. The highest BCUT2D eigenvalue weighted by molar-refractivity contribution is 5.95. The van der Waals surface area contributed by atoms with Crippen LogP contribution < -0.4 is 15.2 Å². The predicted molar refractivity (Wildman–Crippen MR) is 82.1 cm³/mol. The van der Waals surface area contributed by atoms with Gasteiger partial charge in [-0.15, -0.1) is 0 Å². The van der Waals surface area contributed by atoms with E-state index in [0.29, 0.717) is 18.1 Å². The molecule has 5 heteroatoms. The van der Waals surface area contributed by atoms with Crippen molar-refractivity contribution < 1.29 is 9.47 Å². The molecule has 0 aliphatic rings. The van der Waals surface area contributed by atoms with Crippen molar-refractivity contribution in [1.82, 2.24) is 4.98 Å². The fourth-order valence-corrected chi connectivity index (χ4v) is 2.20. The van der Waals surface area contributed by atoms with Crippen molar-refractivity contribution in [2.24, 2.45) is 5.73 Å². The van der Waals surface area contributed by atoms with Gasteiger partial charge in [-0.3, -0.25) is 5.41 Å². The molecule has 0 saturated heterocycles. The van der Waals surface area contributed by atoms with Crippen LogP contribution in [0, 0.1) is 19.3 Å². The Labute approximate surface area is 124 Å². The highest BCUT2D eigenvalue weighted by Crippen LogP contribution is 2.26. The third kappa shape index (κ3) is 3.31. The Morgan fingerprint density at radius 3 is 2.52 bits per heavy atom. The van der Waals surface area contributed by atoms with E-state index in [0.717, 1.165) is 22.4 Å². The minimum atomic E-state index is 0.0571. The summed E-state index contributed by atoms with van der Waals surface area (Å²) in [6, 6.07) is 7.47. The van der Waals surface area contributed by atoms with Crippen LogP contribution in [0.2, 0.25) is 0 Å². The minimum absolute atomic E-state index is 0.0571. The second-order valence-corrected chi connectivity index (χ2v) is 4.81. The van der Waals surface area contributed by atoms with E-state index < -0.39 is 0 Å². The Morgan fingerprint density at radius 1 is 1.29 bits per heavy atom. The van der Waals surface area contributed by atoms with Gasteiger partial charge in [0.1, 0.15) is 18.2 Å². The van der Waals surface area contributed by atoms with Crippen LogP contribution in [0.1, 0.15) is 22.3 Å². The number of benzene rings is 1. The monoisotopic (exact) mass is 285 g/mol. The zero-order chi connectivity index (χ0) is 15.4. The van der Waals surface area contributed by atoms with Crippen molar-refractivity contribution in [2.45, 2.75) is 20.5 Å². The van der Waals surface area contributed by atoms with Gasteiger partial charge in [-0.05, 0) is 49.2 Å². The maximum absolute atomic E-state index is 7.50. The molecule has 0 spiro atoms. The molecule has 0 amide bonds. The molecule has 110 valence electrons. The number of aromatic nitrogens is 1. The summed E-state index contributed by atoms with van der Waals surface area (Å²) in [6.07, 6.45) is 1.68. The Hall–Kier alpha value is -2.56. The quantitative estimate of drug-likeness (QED) is 0.653. The first-order valence-corrected chi connectivity index (χ1v) is 6.59. The number of hydrogen-bond acceptors (Lipinski definition) is 4. The van der Waals surface area contributed by atoms with E-state index in [1.165, 1.54) is 0 Å². The van der Waals surface area contributed by atoms with E-state index in [-0.39, 0.29) is 5.84 Å². The van der Waals surface area contributed by atoms with Crippen LogP contribution in [0.25, 0.3) is 0 Å². The lowest BCUT2D eigenvalue weighted by atomic mass is 10.1. The Balaban J connectivity index is 2.22. The Bertz CT molecular complexity index is 645. The fourth-order valence-electron chi connectivity index (χ4n) is 2.20. The molecule has 21 heavy (non-hydrogen) atoms. The lowest BCUT2D eigenvalue weighted by molar-refractivity contribution is 0.290. The third-order valence-corrected chi connectivity index (χ3v) is 3.19. The average Bonchev–Trinajstić information content (AvgIpc) is 2.46. The molecular weight excluding hydrogens is 266 g/mol. The lowest BCUT2D eigenvalue weighted by Crippen LogP contribution is -2.12. The number of nitrogens with zero attached hydrogens (tertiary/aromatic N) is 1. The molecule has 0 radical (unpaired) electrons. The van der Waals surface area contributed by atoms with E-state index in [1.807, 2.05) is 38.1 Å². The van der Waals surface area contributed by atoms with Crippen LogP contribution in [0.5, 0.6) is 11.6 Å². The van der Waals surface area contributed by atoms with Gasteiger partial charge in [-0.2, -0.15) is 0 Å². The molecule has 0 atom stereocenters. The molecule has 0 bridgehead atoms. The molecule has 1 heterocycles. The number of pyridine rings is 1. The maximum atomic E-state index is 7.50. The van der Waals surface area contributed by atoms with E-state index in [9.17, 15) is 0 Å². The number of methoxy groups -OCH3 is 1. The number of ether oxygens (including phenoxy) is 2. The van der Waals surface area contributed by atoms with Crippen LogP contribution in [0.4, 0.5) is 0 Å². The molecule has 0 fully saturated rings. The lowest BCUT2D eigenvalue weighted by Gasteiger charge is -2.14. The minimum Gasteiger partial charge on any atom is -0.488 e. The van der Waals surface area contributed by atoms with Crippen molar-refractivity contribution in [3.8, 4) is 11.6 Å². The molecule has 3 N–H and O–H groups in total. The number of amidine groups is 1. The first kappa shape index (κ1) is 14.8. The number of hydrogen-bond donors (Lipinski definition) is 2. The maximum Gasteiger partial charge on any atom is 0.219 e. The van der Waals surface area contributed by atoms with Gasteiger partial charge in [0.2, 0.25) is 5.88 Å². The van der Waals surface area contributed by atoms with Gasteiger partial charge in [-0.1, -0.05) is 0 Å². The zero-order valence-corrected chi connectivity index (χ0v) is 12.4. The summed E-state index contributed by atoms with van der Waals surface area (Å²) in [7, 11) is 1.59. The van der Waals surface area contributed by atoms with Crippen LogP contribution >= 0.6 is 0 Å². The summed E-state index contributed by atoms with van der Waals surface area (Å²) in [6.45, 7) is 4.25. The van der Waals surface area contributed by atoms with Gasteiger partial charge in [0.25, 0.3) is 0 Å². The molecule has 5 nitrogen and oxygen atoms in total. The Morgan fingerprint density at radius 2 is 1.95 bits per heavy atom. The Kier molecular flexibility index (Phi) is 4.42. The van der Waals surface area contributed by atoms with Crippen LogP contribution in [0.3, 0.4) is 0 Å². The molecule has 0 unspecified atom stereocenters. The molecule has 2 rings (SSSR count). The van der Waals surface area contributed by atoms with Crippen LogP contribution in [-0.2, 0) is 6.61 Å². The van der Waals surface area contributed by atoms with Crippen molar-refractivity contribution in [2.75, 3.05) is 7.11 Å². The second kappa shape index (κ2) is 6.26. The molecule has 0 aliphatic carbocycles. The summed E-state index contributed by atoms with van der Waals surface area (Å²) in [4.78, 5) is 4.14. The largest absolute Gasteiger partial charge is 0.488 e. The third-order valence-electron chi connectivity index (χ3n) is 3.19. The first-order chi connectivity index (χ1) is 10.0. The molecule has 1 aromatic heterocycles. The molecule has 0 aliphatic heterocycles. The SMILES string of the molecule is COc1ncccc1COc1c(C)cc(C(=N)N)cc1C. The molecule has 2 aromatic rings. The first-order valence-electron chi connectivity index (χ1n) is 6.59. The van der Waals surface area contributed by atoms with E-state index in [4.69, 9.17) is 20.6 Å². The van der Waals surface area contributed by atoms with Crippen molar-refractivity contribution in [3.05, 3.63) is 52.7 Å².